The minimum absolute atomic E-state index is 0.166. The van der Waals surface area contributed by atoms with E-state index >= 15 is 0 Å². The average molecular weight is 433 g/mol. The number of carbonyl (C=O) groups excluding carboxylic acids is 1. The molecule has 2 aromatic carbocycles. The lowest BCUT2D eigenvalue weighted by molar-refractivity contribution is 0.0989. The van der Waals surface area contributed by atoms with E-state index in [1.807, 2.05) is 0 Å². The summed E-state index contributed by atoms with van der Waals surface area (Å²) in [5.74, 6) is -1.55. The Labute approximate surface area is 168 Å². The molecule has 0 unspecified atom stereocenters. The first-order valence-corrected chi connectivity index (χ1v) is 10.2. The molecule has 0 bridgehead atoms. The molecule has 0 fully saturated rings. The molecule has 1 amide bonds. The summed E-state index contributed by atoms with van der Waals surface area (Å²) in [4.78, 5) is 13.7. The molecule has 0 aliphatic carbocycles. The van der Waals surface area contributed by atoms with Gasteiger partial charge in [-0.3, -0.25) is 4.79 Å². The van der Waals surface area contributed by atoms with Crippen LogP contribution in [0.2, 0.25) is 10.0 Å². The van der Waals surface area contributed by atoms with E-state index in [0.29, 0.717) is 15.7 Å². The summed E-state index contributed by atoms with van der Waals surface area (Å²) < 4.78 is 40.7. The second-order valence-corrected chi connectivity index (χ2v) is 9.12. The van der Waals surface area contributed by atoms with Crippen LogP contribution in [0.4, 0.5) is 10.1 Å². The molecule has 2 rings (SSSR count). The highest BCUT2D eigenvalue weighted by Gasteiger charge is 2.26. The second-order valence-electron chi connectivity index (χ2n) is 6.25. The molecule has 0 aliphatic heterocycles. The molecular weight excluding hydrogens is 414 g/mol. The fourth-order valence-electron chi connectivity index (χ4n) is 2.30. The monoisotopic (exact) mass is 432 g/mol. The summed E-state index contributed by atoms with van der Waals surface area (Å²) in [6.45, 7) is 3.42. The summed E-state index contributed by atoms with van der Waals surface area (Å²) >= 11 is 11.9. The highest BCUT2D eigenvalue weighted by Crippen LogP contribution is 2.27. The zero-order chi connectivity index (χ0) is 20.5. The maximum absolute atomic E-state index is 14.3. The van der Waals surface area contributed by atoms with Gasteiger partial charge in [-0.15, -0.1) is 0 Å². The summed E-state index contributed by atoms with van der Waals surface area (Å²) in [5, 5.41) is 0.625. The molecule has 0 aliphatic rings. The summed E-state index contributed by atoms with van der Waals surface area (Å²) in [5.41, 5.74) is -0.0173. The fourth-order valence-corrected chi connectivity index (χ4v) is 4.21. The first-order valence-electron chi connectivity index (χ1n) is 7.97. The van der Waals surface area contributed by atoms with E-state index in [1.165, 1.54) is 32.3 Å². The van der Waals surface area contributed by atoms with Crippen molar-refractivity contribution in [1.29, 1.82) is 0 Å². The van der Waals surface area contributed by atoms with Crippen molar-refractivity contribution < 1.29 is 17.6 Å². The molecule has 0 aromatic heterocycles. The number of hydrogen-bond acceptors (Lipinski definition) is 3. The van der Waals surface area contributed by atoms with Crippen LogP contribution in [0, 0.1) is 5.82 Å². The van der Waals surface area contributed by atoms with Crippen LogP contribution in [0.25, 0.3) is 0 Å². The van der Waals surface area contributed by atoms with Crippen LogP contribution in [0.1, 0.15) is 24.2 Å². The lowest BCUT2D eigenvalue weighted by atomic mass is 10.1. The molecule has 0 heterocycles. The zero-order valence-corrected chi connectivity index (χ0v) is 17.5. The molecule has 0 spiro atoms. The molecule has 5 nitrogen and oxygen atoms in total. The van der Waals surface area contributed by atoms with Crippen LogP contribution in [-0.2, 0) is 10.0 Å². The number of amides is 1. The smallest absolute Gasteiger partial charge is 0.261 e. The molecule has 0 atom stereocenters. The Hall–Kier alpha value is -1.67. The van der Waals surface area contributed by atoms with Crippen molar-refractivity contribution in [1.82, 2.24) is 4.31 Å². The molecule has 0 saturated carbocycles. The van der Waals surface area contributed by atoms with Crippen molar-refractivity contribution in [2.75, 3.05) is 19.0 Å². The normalized spacial score (nSPS) is 11.9. The van der Waals surface area contributed by atoms with Gasteiger partial charge in [-0.25, -0.2) is 12.8 Å². The van der Waals surface area contributed by atoms with Gasteiger partial charge in [0.1, 0.15) is 5.82 Å². The first kappa shape index (κ1) is 21.6. The highest BCUT2D eigenvalue weighted by atomic mass is 35.5. The number of anilines is 1. The minimum Gasteiger partial charge on any atom is -0.311 e. The van der Waals surface area contributed by atoms with Crippen molar-refractivity contribution in [2.45, 2.75) is 24.8 Å². The van der Waals surface area contributed by atoms with E-state index in [0.717, 1.165) is 27.4 Å². The van der Waals surface area contributed by atoms with Crippen LogP contribution in [-0.4, -0.2) is 38.8 Å². The van der Waals surface area contributed by atoms with E-state index in [-0.39, 0.29) is 16.5 Å². The first-order chi connectivity index (χ1) is 12.4. The molecule has 9 heteroatoms. The van der Waals surface area contributed by atoms with Crippen molar-refractivity contribution in [3.05, 3.63) is 57.8 Å². The summed E-state index contributed by atoms with van der Waals surface area (Å²) in [7, 11) is -1.02. The molecule has 0 saturated heterocycles. The van der Waals surface area contributed by atoms with Gasteiger partial charge in [-0.1, -0.05) is 23.2 Å². The number of nitrogens with zero attached hydrogens (tertiary/aromatic N) is 2. The van der Waals surface area contributed by atoms with Crippen molar-refractivity contribution in [3.8, 4) is 0 Å². The largest absolute Gasteiger partial charge is 0.311 e. The Morgan fingerprint density at radius 2 is 1.59 bits per heavy atom. The second kappa shape index (κ2) is 8.14. The quantitative estimate of drug-likeness (QED) is 0.701. The number of hydrogen-bond donors (Lipinski definition) is 0. The predicted octanol–water partition coefficient (Wildman–Crippen LogP) is 4.44. The molecule has 2 aromatic rings. The van der Waals surface area contributed by atoms with Crippen molar-refractivity contribution >= 4 is 44.8 Å². The van der Waals surface area contributed by atoms with Crippen molar-refractivity contribution in [2.24, 2.45) is 0 Å². The molecule has 0 N–H and O–H groups in total. The van der Waals surface area contributed by atoms with E-state index in [4.69, 9.17) is 23.2 Å². The van der Waals surface area contributed by atoms with E-state index in [1.54, 1.807) is 13.8 Å². The number of halogens is 3. The average Bonchev–Trinajstić information content (AvgIpc) is 2.59. The van der Waals surface area contributed by atoms with Gasteiger partial charge in [0.05, 0.1) is 10.5 Å². The van der Waals surface area contributed by atoms with E-state index < -0.39 is 21.7 Å². The Morgan fingerprint density at radius 3 is 2.11 bits per heavy atom. The van der Waals surface area contributed by atoms with Crippen LogP contribution < -0.4 is 4.90 Å². The topological polar surface area (TPSA) is 57.7 Å². The maximum Gasteiger partial charge on any atom is 0.261 e. The van der Waals surface area contributed by atoms with E-state index in [2.05, 4.69) is 0 Å². The predicted molar refractivity (Wildman–Crippen MR) is 106 cm³/mol. The Bertz CT molecular complexity index is 960. The van der Waals surface area contributed by atoms with Crippen LogP contribution in [0.5, 0.6) is 0 Å². The van der Waals surface area contributed by atoms with Gasteiger partial charge < -0.3 is 4.90 Å². The SMILES string of the molecule is CC(C)N(C)S(=O)(=O)c1ccc(F)c(C(=O)N(C)c2cc(Cl)cc(Cl)c2)c1. The van der Waals surface area contributed by atoms with Crippen LogP contribution in [0.3, 0.4) is 0 Å². The molecule has 146 valence electrons. The summed E-state index contributed by atoms with van der Waals surface area (Å²) in [6, 6.07) is 7.33. The van der Waals surface area contributed by atoms with Gasteiger partial charge in [0.15, 0.2) is 0 Å². The van der Waals surface area contributed by atoms with Gasteiger partial charge >= 0.3 is 0 Å². The highest BCUT2D eigenvalue weighted by molar-refractivity contribution is 7.89. The van der Waals surface area contributed by atoms with Crippen LogP contribution in [0.15, 0.2) is 41.3 Å². The molecular formula is C18H19Cl2FN2O3S. The summed E-state index contributed by atoms with van der Waals surface area (Å²) in [6.07, 6.45) is 0. The lowest BCUT2D eigenvalue weighted by Gasteiger charge is -2.22. The number of benzene rings is 2. The van der Waals surface area contributed by atoms with Crippen molar-refractivity contribution in [3.63, 3.8) is 0 Å². The van der Waals surface area contributed by atoms with Crippen LogP contribution >= 0.6 is 23.2 Å². The third-order valence-corrected chi connectivity index (χ3v) is 6.58. The molecule has 0 radical (unpaired) electrons. The fraction of sp³-hybridized carbons (Fsp3) is 0.278. The standard InChI is InChI=1S/C18H19Cl2FN2O3S/c1-11(2)23(4)27(25,26)15-5-6-17(21)16(10-15)18(24)22(3)14-8-12(19)7-13(20)9-14/h5-11H,1-4H3. The number of carbonyl (C=O) groups is 1. The Kier molecular flexibility index (Phi) is 6.52. The zero-order valence-electron chi connectivity index (χ0n) is 15.2. The van der Waals surface area contributed by atoms with Gasteiger partial charge in [0.25, 0.3) is 5.91 Å². The third kappa shape index (κ3) is 4.60. The Balaban J connectivity index is 2.48. The maximum atomic E-state index is 14.3. The van der Waals surface area contributed by atoms with Gasteiger partial charge in [0, 0.05) is 35.9 Å². The number of rotatable bonds is 5. The number of sulfonamides is 1. The van der Waals surface area contributed by atoms with E-state index in [9.17, 15) is 17.6 Å². The lowest BCUT2D eigenvalue weighted by Crippen LogP contribution is -2.33. The van der Waals surface area contributed by atoms with Gasteiger partial charge in [-0.05, 0) is 50.2 Å². The van der Waals surface area contributed by atoms with Gasteiger partial charge in [0.2, 0.25) is 10.0 Å². The minimum atomic E-state index is -3.86. The Morgan fingerprint density at radius 1 is 1.04 bits per heavy atom. The van der Waals surface area contributed by atoms with Gasteiger partial charge in [-0.2, -0.15) is 4.31 Å². The third-order valence-electron chi connectivity index (χ3n) is 4.11. The molecule has 27 heavy (non-hydrogen) atoms.